The van der Waals surface area contributed by atoms with E-state index in [1.807, 2.05) is 11.8 Å². The summed E-state index contributed by atoms with van der Waals surface area (Å²) in [4.78, 5) is 26.8. The molecule has 0 aromatic rings. The van der Waals surface area contributed by atoms with Gasteiger partial charge in [-0.25, -0.2) is 0 Å². The summed E-state index contributed by atoms with van der Waals surface area (Å²) in [6.07, 6.45) is 3.80. The zero-order valence-corrected chi connectivity index (χ0v) is 13.4. The van der Waals surface area contributed by atoms with Crippen LogP contribution in [0, 0.1) is 11.3 Å². The standard InChI is InChI=1S/C16H27N3O3/c1-2-13(15(21)19-7-9-22-10-8-19)18-14(20)12-11-16(12)3-5-17-6-4-16/h12-13,17H,2-11H2,1H3,(H,18,20). The maximum Gasteiger partial charge on any atom is 0.245 e. The van der Waals surface area contributed by atoms with Crippen molar-refractivity contribution in [3.05, 3.63) is 0 Å². The Morgan fingerprint density at radius 1 is 1.32 bits per heavy atom. The highest BCUT2D eigenvalue weighted by molar-refractivity contribution is 5.90. The summed E-state index contributed by atoms with van der Waals surface area (Å²) in [5, 5.41) is 6.35. The van der Waals surface area contributed by atoms with Gasteiger partial charge in [-0.1, -0.05) is 6.92 Å². The summed E-state index contributed by atoms with van der Waals surface area (Å²) < 4.78 is 5.28. The first-order valence-electron chi connectivity index (χ1n) is 8.54. The minimum Gasteiger partial charge on any atom is -0.378 e. The number of amides is 2. The molecule has 2 atom stereocenters. The van der Waals surface area contributed by atoms with E-state index in [4.69, 9.17) is 4.74 Å². The van der Waals surface area contributed by atoms with E-state index >= 15 is 0 Å². The van der Waals surface area contributed by atoms with Crippen LogP contribution in [0.25, 0.3) is 0 Å². The van der Waals surface area contributed by atoms with E-state index in [9.17, 15) is 9.59 Å². The van der Waals surface area contributed by atoms with Gasteiger partial charge in [0, 0.05) is 19.0 Å². The predicted octanol–water partition coefficient (Wildman–Crippen LogP) is 0.130. The van der Waals surface area contributed by atoms with E-state index in [1.54, 1.807) is 0 Å². The summed E-state index contributed by atoms with van der Waals surface area (Å²) >= 11 is 0. The lowest BCUT2D eigenvalue weighted by Crippen LogP contribution is -2.52. The number of piperidine rings is 1. The molecular formula is C16H27N3O3. The molecule has 3 fully saturated rings. The third kappa shape index (κ3) is 3.13. The summed E-state index contributed by atoms with van der Waals surface area (Å²) in [6.45, 7) is 6.41. The van der Waals surface area contributed by atoms with Gasteiger partial charge in [0.1, 0.15) is 6.04 Å². The third-order valence-corrected chi connectivity index (χ3v) is 5.45. The number of hydrogen-bond donors (Lipinski definition) is 2. The molecule has 0 radical (unpaired) electrons. The van der Waals surface area contributed by atoms with Crippen molar-refractivity contribution in [2.45, 2.75) is 38.6 Å². The highest BCUT2D eigenvalue weighted by Gasteiger charge is 2.57. The Hall–Kier alpha value is -1.14. The Bertz CT molecular complexity index is 428. The molecule has 2 heterocycles. The predicted molar refractivity (Wildman–Crippen MR) is 82.3 cm³/mol. The van der Waals surface area contributed by atoms with E-state index in [-0.39, 0.29) is 29.2 Å². The Morgan fingerprint density at radius 3 is 2.64 bits per heavy atom. The molecule has 22 heavy (non-hydrogen) atoms. The lowest BCUT2D eigenvalue weighted by molar-refractivity contribution is -0.140. The molecule has 6 nitrogen and oxygen atoms in total. The molecule has 1 spiro atoms. The van der Waals surface area contributed by atoms with Crippen LogP contribution in [0.2, 0.25) is 0 Å². The molecule has 2 amide bonds. The van der Waals surface area contributed by atoms with Crippen LogP contribution in [0.3, 0.4) is 0 Å². The van der Waals surface area contributed by atoms with Gasteiger partial charge in [0.05, 0.1) is 13.2 Å². The molecule has 124 valence electrons. The fraction of sp³-hybridized carbons (Fsp3) is 0.875. The van der Waals surface area contributed by atoms with Crippen molar-refractivity contribution in [2.75, 3.05) is 39.4 Å². The van der Waals surface area contributed by atoms with Crippen molar-refractivity contribution in [3.8, 4) is 0 Å². The molecule has 2 saturated heterocycles. The van der Waals surface area contributed by atoms with Gasteiger partial charge in [0.2, 0.25) is 11.8 Å². The minimum absolute atomic E-state index is 0.0409. The molecule has 2 unspecified atom stereocenters. The van der Waals surface area contributed by atoms with Crippen molar-refractivity contribution in [3.63, 3.8) is 0 Å². The molecule has 2 N–H and O–H groups in total. The van der Waals surface area contributed by atoms with Gasteiger partial charge in [0.15, 0.2) is 0 Å². The number of morpholine rings is 1. The molecule has 3 aliphatic rings. The number of rotatable bonds is 4. The summed E-state index contributed by atoms with van der Waals surface area (Å²) in [5.74, 6) is 0.232. The van der Waals surface area contributed by atoms with Gasteiger partial charge in [-0.05, 0) is 44.2 Å². The molecule has 0 bridgehead atoms. The van der Waals surface area contributed by atoms with Crippen LogP contribution in [0.15, 0.2) is 0 Å². The number of hydrogen-bond acceptors (Lipinski definition) is 4. The van der Waals surface area contributed by atoms with Crippen LogP contribution in [0.1, 0.15) is 32.6 Å². The average molecular weight is 309 g/mol. The molecule has 1 saturated carbocycles. The second-order valence-electron chi connectivity index (χ2n) is 6.78. The monoisotopic (exact) mass is 309 g/mol. The van der Waals surface area contributed by atoms with Crippen molar-refractivity contribution in [1.82, 2.24) is 15.5 Å². The number of carbonyl (C=O) groups excluding carboxylic acids is 2. The van der Waals surface area contributed by atoms with Crippen LogP contribution in [0.4, 0.5) is 0 Å². The summed E-state index contributed by atoms with van der Waals surface area (Å²) in [5.41, 5.74) is 0.218. The van der Waals surface area contributed by atoms with Crippen LogP contribution in [0.5, 0.6) is 0 Å². The van der Waals surface area contributed by atoms with E-state index in [1.165, 1.54) is 0 Å². The summed E-state index contributed by atoms with van der Waals surface area (Å²) in [7, 11) is 0. The molecule has 3 rings (SSSR count). The van der Waals surface area contributed by atoms with Gasteiger partial charge in [0.25, 0.3) is 0 Å². The van der Waals surface area contributed by atoms with Gasteiger partial charge < -0.3 is 20.3 Å². The fourth-order valence-electron chi connectivity index (χ4n) is 3.81. The Balaban J connectivity index is 1.54. The zero-order chi connectivity index (χ0) is 15.6. The second kappa shape index (κ2) is 6.54. The van der Waals surface area contributed by atoms with Crippen molar-refractivity contribution in [1.29, 1.82) is 0 Å². The highest BCUT2D eigenvalue weighted by atomic mass is 16.5. The van der Waals surface area contributed by atoms with Crippen LogP contribution in [-0.2, 0) is 14.3 Å². The largest absolute Gasteiger partial charge is 0.378 e. The summed E-state index contributed by atoms with van der Waals surface area (Å²) in [6, 6.07) is -0.384. The quantitative estimate of drug-likeness (QED) is 0.774. The minimum atomic E-state index is -0.384. The van der Waals surface area contributed by atoms with Crippen molar-refractivity contribution in [2.24, 2.45) is 11.3 Å². The third-order valence-electron chi connectivity index (χ3n) is 5.45. The molecule has 0 aromatic carbocycles. The average Bonchev–Trinajstić information content (AvgIpc) is 3.26. The normalized spacial score (nSPS) is 28.2. The van der Waals surface area contributed by atoms with Gasteiger partial charge in [-0.3, -0.25) is 9.59 Å². The molecule has 1 aliphatic carbocycles. The first-order chi connectivity index (χ1) is 10.7. The van der Waals surface area contributed by atoms with Gasteiger partial charge in [-0.2, -0.15) is 0 Å². The topological polar surface area (TPSA) is 70.7 Å². The van der Waals surface area contributed by atoms with E-state index in [2.05, 4.69) is 10.6 Å². The number of nitrogens with one attached hydrogen (secondary N) is 2. The maximum absolute atomic E-state index is 12.5. The Morgan fingerprint density at radius 2 is 2.00 bits per heavy atom. The van der Waals surface area contributed by atoms with Crippen molar-refractivity contribution >= 4 is 11.8 Å². The van der Waals surface area contributed by atoms with Crippen LogP contribution < -0.4 is 10.6 Å². The highest BCUT2D eigenvalue weighted by Crippen LogP contribution is 2.58. The Kier molecular flexibility index (Phi) is 4.68. The maximum atomic E-state index is 12.5. The van der Waals surface area contributed by atoms with Gasteiger partial charge in [-0.15, -0.1) is 0 Å². The van der Waals surface area contributed by atoms with E-state index < -0.39 is 0 Å². The van der Waals surface area contributed by atoms with E-state index in [0.29, 0.717) is 32.7 Å². The molecule has 6 heteroatoms. The lowest BCUT2D eigenvalue weighted by Gasteiger charge is -2.30. The van der Waals surface area contributed by atoms with Crippen LogP contribution >= 0.6 is 0 Å². The molecule has 2 aliphatic heterocycles. The number of ether oxygens (including phenoxy) is 1. The fourth-order valence-corrected chi connectivity index (χ4v) is 3.81. The van der Waals surface area contributed by atoms with E-state index in [0.717, 1.165) is 32.4 Å². The number of nitrogens with zero attached hydrogens (tertiary/aromatic N) is 1. The Labute approximate surface area is 131 Å². The first kappa shape index (κ1) is 15.7. The molecule has 0 aromatic heterocycles. The zero-order valence-electron chi connectivity index (χ0n) is 13.4. The van der Waals surface area contributed by atoms with Gasteiger partial charge >= 0.3 is 0 Å². The second-order valence-corrected chi connectivity index (χ2v) is 6.78. The van der Waals surface area contributed by atoms with Crippen molar-refractivity contribution < 1.29 is 14.3 Å². The first-order valence-corrected chi connectivity index (χ1v) is 8.54. The number of carbonyl (C=O) groups is 2. The smallest absolute Gasteiger partial charge is 0.245 e. The lowest BCUT2D eigenvalue weighted by atomic mass is 9.91. The molecular weight excluding hydrogens is 282 g/mol. The van der Waals surface area contributed by atoms with Crippen LogP contribution in [-0.4, -0.2) is 62.1 Å². The SMILES string of the molecule is CCC(NC(=O)C1CC12CCNCC2)C(=O)N1CCOCC1.